The smallest absolute Gasteiger partial charge is 0.131 e. The normalized spacial score (nSPS) is 10.9. The molecule has 3 nitrogen and oxygen atoms in total. The molecule has 0 aliphatic heterocycles. The molecule has 6 heteroatoms. The number of ether oxygens (including phenoxy) is 1. The van der Waals surface area contributed by atoms with Crippen molar-refractivity contribution in [3.63, 3.8) is 0 Å². The van der Waals surface area contributed by atoms with Gasteiger partial charge in [-0.15, -0.1) is 0 Å². The first-order chi connectivity index (χ1) is 10.1. The zero-order valence-corrected chi connectivity index (χ0v) is 15.2. The molecule has 21 heavy (non-hydrogen) atoms. The fraction of sp³-hybridized carbons (Fsp3) is 0.400. The lowest BCUT2D eigenvalue weighted by atomic mass is 10.2. The highest BCUT2D eigenvalue weighted by Gasteiger charge is 2.15. The first kappa shape index (κ1) is 16.5. The Morgan fingerprint density at radius 2 is 2.10 bits per heavy atom. The lowest BCUT2D eigenvalue weighted by Gasteiger charge is -2.11. The highest BCUT2D eigenvalue weighted by Crippen LogP contribution is 2.26. The summed E-state index contributed by atoms with van der Waals surface area (Å²) in [5.74, 6) is 0.423. The van der Waals surface area contributed by atoms with Crippen LogP contribution in [0.15, 0.2) is 22.7 Å². The second-order valence-corrected chi connectivity index (χ2v) is 5.90. The topological polar surface area (TPSA) is 27.1 Å². The predicted molar refractivity (Wildman–Crippen MR) is 88.3 cm³/mol. The van der Waals surface area contributed by atoms with Crippen LogP contribution < -0.4 is 4.74 Å². The average Bonchev–Trinajstić information content (AvgIpc) is 2.81. The number of rotatable bonds is 6. The van der Waals surface area contributed by atoms with Crippen LogP contribution in [0.1, 0.15) is 30.8 Å². The van der Waals surface area contributed by atoms with Gasteiger partial charge in [-0.25, -0.2) is 4.39 Å². The molecule has 0 unspecified atom stereocenters. The molecule has 0 aliphatic rings. The van der Waals surface area contributed by atoms with Crippen molar-refractivity contribution in [2.75, 3.05) is 0 Å². The van der Waals surface area contributed by atoms with E-state index >= 15 is 0 Å². The first-order valence-electron chi connectivity index (χ1n) is 6.81. The Morgan fingerprint density at radius 3 is 2.71 bits per heavy atom. The molecule has 0 aliphatic carbocycles. The van der Waals surface area contributed by atoms with Gasteiger partial charge < -0.3 is 4.74 Å². The molecule has 114 valence electrons. The van der Waals surface area contributed by atoms with Crippen molar-refractivity contribution in [1.82, 2.24) is 9.78 Å². The summed E-state index contributed by atoms with van der Waals surface area (Å²) in [4.78, 5) is 0. The van der Waals surface area contributed by atoms with Gasteiger partial charge in [-0.05, 0) is 47.5 Å². The average molecular weight is 420 g/mol. The first-order valence-corrected chi connectivity index (χ1v) is 8.73. The van der Waals surface area contributed by atoms with E-state index in [4.69, 9.17) is 4.74 Å². The van der Waals surface area contributed by atoms with Gasteiger partial charge in [0.25, 0.3) is 0 Å². The molecule has 2 aromatic rings. The molecular weight excluding hydrogens is 403 g/mol. The maximum absolute atomic E-state index is 13.2. The van der Waals surface area contributed by atoms with E-state index in [-0.39, 0.29) is 5.82 Å². The number of nitrogens with zero attached hydrogens (tertiary/aromatic N) is 2. The van der Waals surface area contributed by atoms with Crippen LogP contribution in [0.5, 0.6) is 5.75 Å². The van der Waals surface area contributed by atoms with Crippen LogP contribution >= 0.6 is 31.9 Å². The Labute approximate surface area is 140 Å². The third-order valence-corrected chi connectivity index (χ3v) is 4.74. The lowest BCUT2D eigenvalue weighted by molar-refractivity contribution is 0.289. The molecule has 0 N–H and O–H groups in total. The second kappa shape index (κ2) is 7.40. The fourth-order valence-corrected chi connectivity index (χ4v) is 3.21. The van der Waals surface area contributed by atoms with Gasteiger partial charge in [-0.2, -0.15) is 5.10 Å². The van der Waals surface area contributed by atoms with E-state index in [1.54, 1.807) is 6.07 Å². The standard InChI is InChI=1S/C15H17Br2FN2O/c1-3-12-15(17)13(20(4-2)19-12)9-21-14-6-5-11(18)7-10(14)8-16/h5-7H,3-4,8-9H2,1-2H3. The summed E-state index contributed by atoms with van der Waals surface area (Å²) >= 11 is 6.94. The van der Waals surface area contributed by atoms with Crippen molar-refractivity contribution in [3.05, 3.63) is 45.4 Å². The summed E-state index contributed by atoms with van der Waals surface area (Å²) in [5.41, 5.74) is 2.82. The van der Waals surface area contributed by atoms with E-state index in [1.165, 1.54) is 12.1 Å². The number of alkyl halides is 1. The predicted octanol–water partition coefficient (Wildman–Crippen LogP) is 4.84. The molecule has 0 spiro atoms. The summed E-state index contributed by atoms with van der Waals surface area (Å²) in [6.07, 6.45) is 0.865. The molecule has 1 aromatic carbocycles. The van der Waals surface area contributed by atoms with Crippen molar-refractivity contribution in [1.29, 1.82) is 0 Å². The Kier molecular flexibility index (Phi) is 5.81. The Bertz CT molecular complexity index is 628. The fourth-order valence-electron chi connectivity index (χ4n) is 2.09. The van der Waals surface area contributed by atoms with Crippen LogP contribution in [0.4, 0.5) is 4.39 Å². The van der Waals surface area contributed by atoms with E-state index < -0.39 is 0 Å². The van der Waals surface area contributed by atoms with Crippen molar-refractivity contribution in [2.45, 2.75) is 38.8 Å². The SMILES string of the molecule is CCc1nn(CC)c(COc2ccc(F)cc2CBr)c1Br. The monoisotopic (exact) mass is 418 g/mol. The lowest BCUT2D eigenvalue weighted by Crippen LogP contribution is -2.07. The number of hydrogen-bond acceptors (Lipinski definition) is 2. The quantitative estimate of drug-likeness (QED) is 0.626. The van der Waals surface area contributed by atoms with Crippen molar-refractivity contribution >= 4 is 31.9 Å². The molecule has 0 saturated carbocycles. The minimum Gasteiger partial charge on any atom is -0.487 e. The third kappa shape index (κ3) is 3.66. The zero-order chi connectivity index (χ0) is 15.4. The number of aromatic nitrogens is 2. The van der Waals surface area contributed by atoms with Crippen molar-refractivity contribution < 1.29 is 9.13 Å². The van der Waals surface area contributed by atoms with Crippen LogP contribution in [0.25, 0.3) is 0 Å². The van der Waals surface area contributed by atoms with Crippen LogP contribution in [0, 0.1) is 5.82 Å². The molecule has 0 saturated heterocycles. The molecule has 0 atom stereocenters. The van der Waals surface area contributed by atoms with Crippen molar-refractivity contribution in [3.8, 4) is 5.75 Å². The zero-order valence-electron chi connectivity index (χ0n) is 12.0. The molecule has 0 bridgehead atoms. The van der Waals surface area contributed by atoms with Crippen LogP contribution in [-0.4, -0.2) is 9.78 Å². The number of halogens is 3. The summed E-state index contributed by atoms with van der Waals surface area (Å²) in [5, 5.41) is 5.09. The Balaban J connectivity index is 2.22. The second-order valence-electron chi connectivity index (χ2n) is 4.55. The Hall–Kier alpha value is -0.880. The molecule has 1 aromatic heterocycles. The largest absolute Gasteiger partial charge is 0.487 e. The molecule has 1 heterocycles. The highest BCUT2D eigenvalue weighted by atomic mass is 79.9. The summed E-state index contributed by atoms with van der Waals surface area (Å²) in [7, 11) is 0. The van der Waals surface area contributed by atoms with Crippen LogP contribution in [-0.2, 0) is 24.9 Å². The molecule has 2 rings (SSSR count). The van der Waals surface area contributed by atoms with Gasteiger partial charge >= 0.3 is 0 Å². The molecule has 0 radical (unpaired) electrons. The summed E-state index contributed by atoms with van der Waals surface area (Å²) in [6, 6.07) is 4.55. The van der Waals surface area contributed by atoms with Gasteiger partial charge in [0.1, 0.15) is 18.2 Å². The van der Waals surface area contributed by atoms with E-state index in [0.717, 1.165) is 34.4 Å². The number of aryl methyl sites for hydroxylation is 2. The molecule has 0 fully saturated rings. The highest BCUT2D eigenvalue weighted by molar-refractivity contribution is 9.10. The van der Waals surface area contributed by atoms with E-state index in [1.807, 2.05) is 11.6 Å². The van der Waals surface area contributed by atoms with Gasteiger partial charge in [0.05, 0.1) is 15.9 Å². The maximum Gasteiger partial charge on any atom is 0.131 e. The Morgan fingerprint density at radius 1 is 1.33 bits per heavy atom. The van der Waals surface area contributed by atoms with Gasteiger partial charge in [-0.3, -0.25) is 4.68 Å². The van der Waals surface area contributed by atoms with Crippen molar-refractivity contribution in [2.24, 2.45) is 0 Å². The van der Waals surface area contributed by atoms with Gasteiger partial charge in [0.15, 0.2) is 0 Å². The van der Waals surface area contributed by atoms with E-state index in [9.17, 15) is 4.39 Å². The van der Waals surface area contributed by atoms with Gasteiger partial charge in [0, 0.05) is 17.4 Å². The summed E-state index contributed by atoms with van der Waals surface area (Å²) in [6.45, 7) is 5.30. The number of benzene rings is 1. The minimum atomic E-state index is -0.259. The van der Waals surface area contributed by atoms with Gasteiger partial charge in [0.2, 0.25) is 0 Å². The van der Waals surface area contributed by atoms with E-state index in [2.05, 4.69) is 43.9 Å². The van der Waals surface area contributed by atoms with Crippen LogP contribution in [0.2, 0.25) is 0 Å². The number of hydrogen-bond donors (Lipinski definition) is 0. The minimum absolute atomic E-state index is 0.259. The third-order valence-electron chi connectivity index (χ3n) is 3.23. The maximum atomic E-state index is 13.2. The summed E-state index contributed by atoms with van der Waals surface area (Å²) < 4.78 is 22.0. The van der Waals surface area contributed by atoms with Gasteiger partial charge in [-0.1, -0.05) is 22.9 Å². The van der Waals surface area contributed by atoms with Crippen LogP contribution in [0.3, 0.4) is 0 Å². The molecule has 0 amide bonds. The van der Waals surface area contributed by atoms with E-state index in [0.29, 0.717) is 17.7 Å². The molecular formula is C15H17Br2FN2O.